The summed E-state index contributed by atoms with van der Waals surface area (Å²) in [6.45, 7) is 4.90. The van der Waals surface area contributed by atoms with E-state index in [0.29, 0.717) is 12.1 Å². The number of fused-ring (bicyclic) bond motifs is 1. The molecule has 0 radical (unpaired) electrons. The molecule has 0 aliphatic rings. The minimum atomic E-state index is -0.225. The zero-order valence-electron chi connectivity index (χ0n) is 12.9. The third kappa shape index (κ3) is 3.33. The van der Waals surface area contributed by atoms with Gasteiger partial charge < -0.3 is 5.32 Å². The minimum absolute atomic E-state index is 0.149. The van der Waals surface area contributed by atoms with Gasteiger partial charge in [-0.1, -0.05) is 37.3 Å². The Morgan fingerprint density at radius 1 is 1.22 bits per heavy atom. The van der Waals surface area contributed by atoms with Crippen LogP contribution in [0.15, 0.2) is 42.5 Å². The monoisotopic (exact) mass is 325 g/mol. The maximum Gasteiger partial charge on any atom is 0.183 e. The Hall–Kier alpha value is -2.45. The van der Waals surface area contributed by atoms with Crippen molar-refractivity contribution in [3.05, 3.63) is 59.4 Å². The van der Waals surface area contributed by atoms with Crippen LogP contribution in [0.3, 0.4) is 0 Å². The number of rotatable bonds is 4. The van der Waals surface area contributed by atoms with Crippen LogP contribution < -0.4 is 5.32 Å². The molecule has 1 N–H and O–H groups in total. The van der Waals surface area contributed by atoms with E-state index in [4.69, 9.17) is 5.26 Å². The fourth-order valence-electron chi connectivity index (χ4n) is 2.37. The van der Waals surface area contributed by atoms with Crippen molar-refractivity contribution >= 4 is 26.7 Å². The van der Waals surface area contributed by atoms with E-state index in [1.165, 1.54) is 12.1 Å². The molecule has 0 bridgehead atoms. The van der Waals surface area contributed by atoms with E-state index in [9.17, 15) is 4.39 Å². The van der Waals surface area contributed by atoms with Crippen molar-refractivity contribution in [2.75, 3.05) is 11.9 Å². The van der Waals surface area contributed by atoms with Crippen molar-refractivity contribution in [3.63, 3.8) is 0 Å². The fourth-order valence-corrected chi connectivity index (χ4v) is 3.21. The molecule has 1 heterocycles. The van der Waals surface area contributed by atoms with E-state index in [1.807, 2.05) is 18.2 Å². The number of hydrogen-bond donors (Lipinski definition) is 1. The van der Waals surface area contributed by atoms with Gasteiger partial charge in [-0.2, -0.15) is 5.26 Å². The first-order chi connectivity index (χ1) is 11.0. The average molecular weight is 325 g/mol. The Morgan fingerprint density at radius 2 is 1.96 bits per heavy atom. The number of nitriles is 1. The highest BCUT2D eigenvalue weighted by Gasteiger charge is 2.21. The lowest BCUT2D eigenvalue weighted by molar-refractivity contribution is 0.553. The topological polar surface area (TPSA) is 48.7 Å². The van der Waals surface area contributed by atoms with Gasteiger partial charge in [0.2, 0.25) is 0 Å². The minimum Gasteiger partial charge on any atom is -0.361 e. The fraction of sp³-hybridized carbons (Fsp3) is 0.222. The largest absolute Gasteiger partial charge is 0.361 e. The molecule has 0 saturated carbocycles. The second-order valence-electron chi connectivity index (χ2n) is 6.06. The highest BCUT2D eigenvalue weighted by molar-refractivity contribution is 7.22. The van der Waals surface area contributed by atoms with Crippen molar-refractivity contribution in [1.29, 1.82) is 5.26 Å². The molecule has 2 aromatic carbocycles. The predicted octanol–water partition coefficient (Wildman–Crippen LogP) is 4.70. The first-order valence-corrected chi connectivity index (χ1v) is 8.10. The van der Waals surface area contributed by atoms with E-state index in [2.05, 4.69) is 30.2 Å². The molecule has 116 valence electrons. The van der Waals surface area contributed by atoms with Crippen LogP contribution in [0.5, 0.6) is 0 Å². The molecule has 0 spiro atoms. The Kier molecular flexibility index (Phi) is 4.01. The van der Waals surface area contributed by atoms with E-state index in [0.717, 1.165) is 20.9 Å². The summed E-state index contributed by atoms with van der Waals surface area (Å²) in [6.07, 6.45) is 0. The number of anilines is 1. The molecule has 0 amide bonds. The Morgan fingerprint density at radius 3 is 2.65 bits per heavy atom. The second-order valence-corrected chi connectivity index (χ2v) is 7.09. The van der Waals surface area contributed by atoms with E-state index in [-0.39, 0.29) is 11.2 Å². The van der Waals surface area contributed by atoms with Gasteiger partial charge in [0.1, 0.15) is 5.82 Å². The van der Waals surface area contributed by atoms with Gasteiger partial charge in [-0.05, 0) is 35.9 Å². The number of nitrogens with zero attached hydrogens (tertiary/aromatic N) is 2. The molecule has 0 aliphatic carbocycles. The van der Waals surface area contributed by atoms with Gasteiger partial charge in [0, 0.05) is 12.0 Å². The van der Waals surface area contributed by atoms with Crippen LogP contribution in [-0.2, 0) is 5.41 Å². The van der Waals surface area contributed by atoms with E-state index in [1.54, 1.807) is 23.5 Å². The van der Waals surface area contributed by atoms with Crippen LogP contribution >= 0.6 is 11.3 Å². The lowest BCUT2D eigenvalue weighted by Crippen LogP contribution is -2.27. The first kappa shape index (κ1) is 15.4. The Balaban J connectivity index is 1.77. The molecule has 0 aliphatic heterocycles. The van der Waals surface area contributed by atoms with Crippen molar-refractivity contribution in [2.24, 2.45) is 0 Å². The molecule has 3 aromatic rings. The molecule has 0 unspecified atom stereocenters. The molecule has 0 atom stereocenters. The van der Waals surface area contributed by atoms with Crippen molar-refractivity contribution in [2.45, 2.75) is 19.3 Å². The number of nitrogens with one attached hydrogen (secondary N) is 1. The molecule has 3 nitrogen and oxygen atoms in total. The second kappa shape index (κ2) is 5.98. The molecule has 23 heavy (non-hydrogen) atoms. The van der Waals surface area contributed by atoms with Gasteiger partial charge in [-0.3, -0.25) is 0 Å². The van der Waals surface area contributed by atoms with Gasteiger partial charge in [-0.25, -0.2) is 9.37 Å². The van der Waals surface area contributed by atoms with Gasteiger partial charge >= 0.3 is 0 Å². The summed E-state index contributed by atoms with van der Waals surface area (Å²) in [5.41, 5.74) is 2.36. The van der Waals surface area contributed by atoms with Gasteiger partial charge in [0.15, 0.2) is 5.13 Å². The van der Waals surface area contributed by atoms with Gasteiger partial charge in [0.05, 0.1) is 21.8 Å². The highest BCUT2D eigenvalue weighted by atomic mass is 32.1. The number of aromatic nitrogens is 1. The van der Waals surface area contributed by atoms with E-state index < -0.39 is 0 Å². The lowest BCUT2D eigenvalue weighted by Gasteiger charge is -2.25. The Labute approximate surface area is 138 Å². The average Bonchev–Trinajstić information content (AvgIpc) is 2.95. The van der Waals surface area contributed by atoms with Crippen molar-refractivity contribution in [1.82, 2.24) is 4.98 Å². The summed E-state index contributed by atoms with van der Waals surface area (Å²) in [6, 6.07) is 14.2. The molecular formula is C18H16FN3S. The maximum atomic E-state index is 13.1. The number of halogens is 1. The van der Waals surface area contributed by atoms with Gasteiger partial charge in [-0.15, -0.1) is 0 Å². The number of benzene rings is 2. The smallest absolute Gasteiger partial charge is 0.183 e. The SMILES string of the molecule is CC(C)(CNc1nc2cc(C#N)ccc2s1)c1ccc(F)cc1. The molecular weight excluding hydrogens is 309 g/mol. The molecule has 3 rings (SSSR count). The van der Waals surface area contributed by atoms with Crippen LogP contribution in [0.25, 0.3) is 10.2 Å². The quantitative estimate of drug-likeness (QED) is 0.756. The zero-order valence-corrected chi connectivity index (χ0v) is 13.7. The first-order valence-electron chi connectivity index (χ1n) is 7.28. The summed E-state index contributed by atoms with van der Waals surface area (Å²) >= 11 is 1.56. The molecule has 0 saturated heterocycles. The maximum absolute atomic E-state index is 13.1. The van der Waals surface area contributed by atoms with Crippen molar-refractivity contribution < 1.29 is 4.39 Å². The van der Waals surface area contributed by atoms with Crippen molar-refractivity contribution in [3.8, 4) is 6.07 Å². The van der Waals surface area contributed by atoms with Gasteiger partial charge in [0.25, 0.3) is 0 Å². The third-order valence-corrected chi connectivity index (χ3v) is 4.82. The normalized spacial score (nSPS) is 11.4. The zero-order chi connectivity index (χ0) is 16.4. The third-order valence-electron chi connectivity index (χ3n) is 3.82. The molecule has 0 fully saturated rings. The summed E-state index contributed by atoms with van der Waals surface area (Å²) in [7, 11) is 0. The predicted molar refractivity (Wildman–Crippen MR) is 92.3 cm³/mol. The van der Waals surface area contributed by atoms with Crippen LogP contribution in [-0.4, -0.2) is 11.5 Å². The number of hydrogen-bond acceptors (Lipinski definition) is 4. The van der Waals surface area contributed by atoms with Crippen LogP contribution in [0, 0.1) is 17.1 Å². The summed E-state index contributed by atoms with van der Waals surface area (Å²) in [5, 5.41) is 13.1. The van der Waals surface area contributed by atoms with Crippen LogP contribution in [0.2, 0.25) is 0 Å². The standard InChI is InChI=1S/C18H16FN3S/c1-18(2,13-4-6-14(19)7-5-13)11-21-17-22-15-9-12(10-20)3-8-16(15)23-17/h3-9H,11H2,1-2H3,(H,21,22). The van der Waals surface area contributed by atoms with Crippen LogP contribution in [0.1, 0.15) is 25.0 Å². The number of thiazole rings is 1. The summed E-state index contributed by atoms with van der Waals surface area (Å²) in [5.74, 6) is -0.225. The summed E-state index contributed by atoms with van der Waals surface area (Å²) in [4.78, 5) is 4.53. The Bertz CT molecular complexity index is 875. The van der Waals surface area contributed by atoms with Crippen LogP contribution in [0.4, 0.5) is 9.52 Å². The van der Waals surface area contributed by atoms with E-state index >= 15 is 0 Å². The highest BCUT2D eigenvalue weighted by Crippen LogP contribution is 2.29. The molecule has 5 heteroatoms. The lowest BCUT2D eigenvalue weighted by atomic mass is 9.85. The molecule has 1 aromatic heterocycles. The summed E-state index contributed by atoms with van der Waals surface area (Å²) < 4.78 is 14.1.